The van der Waals surface area contributed by atoms with Gasteiger partial charge in [0.2, 0.25) is 11.8 Å². The summed E-state index contributed by atoms with van der Waals surface area (Å²) in [6.45, 7) is 3.25. The molecule has 0 radical (unpaired) electrons. The van der Waals surface area contributed by atoms with Gasteiger partial charge in [-0.25, -0.2) is 8.42 Å². The fourth-order valence-corrected chi connectivity index (χ4v) is 5.86. The Kier molecular flexibility index (Phi) is 9.98. The number of nitrogens with zero attached hydrogens (tertiary/aromatic N) is 2. The van der Waals surface area contributed by atoms with Gasteiger partial charge < -0.3 is 15.0 Å². The Morgan fingerprint density at radius 2 is 1.38 bits per heavy atom. The van der Waals surface area contributed by atoms with Crippen molar-refractivity contribution in [3.8, 4) is 11.5 Å². The van der Waals surface area contributed by atoms with E-state index in [0.29, 0.717) is 23.6 Å². The third-order valence-electron chi connectivity index (χ3n) is 6.89. The molecule has 0 aliphatic rings. The molecule has 0 aliphatic carbocycles. The fraction of sp³-hybridized carbons (Fsp3) is 0.212. The normalized spacial score (nSPS) is 11.8. The summed E-state index contributed by atoms with van der Waals surface area (Å²) in [4.78, 5) is 28.0. The van der Waals surface area contributed by atoms with Crippen molar-refractivity contribution in [2.45, 2.75) is 31.2 Å². The van der Waals surface area contributed by atoms with Crippen LogP contribution in [-0.4, -0.2) is 51.3 Å². The van der Waals surface area contributed by atoms with Crippen LogP contribution in [0.4, 0.5) is 5.69 Å². The monoisotopic (exact) mass is 585 g/mol. The predicted octanol–water partition coefficient (Wildman–Crippen LogP) is 5.19. The van der Waals surface area contributed by atoms with Crippen LogP contribution in [0.5, 0.6) is 11.5 Å². The number of amides is 2. The Morgan fingerprint density at radius 1 is 0.810 bits per heavy atom. The molecule has 1 N–H and O–H groups in total. The molecule has 218 valence electrons. The highest BCUT2D eigenvalue weighted by atomic mass is 32.2. The van der Waals surface area contributed by atoms with Gasteiger partial charge in [0, 0.05) is 13.6 Å². The highest BCUT2D eigenvalue weighted by Gasteiger charge is 2.32. The van der Waals surface area contributed by atoms with E-state index < -0.39 is 28.5 Å². The molecule has 4 aromatic carbocycles. The van der Waals surface area contributed by atoms with Gasteiger partial charge in [-0.1, -0.05) is 66.2 Å². The minimum Gasteiger partial charge on any atom is -0.457 e. The van der Waals surface area contributed by atoms with E-state index >= 15 is 0 Å². The lowest BCUT2D eigenvalue weighted by Crippen LogP contribution is -2.51. The van der Waals surface area contributed by atoms with Crippen LogP contribution in [0.3, 0.4) is 0 Å². The molecule has 1 atom stereocenters. The third kappa shape index (κ3) is 7.55. The second-order valence-corrected chi connectivity index (χ2v) is 11.7. The summed E-state index contributed by atoms with van der Waals surface area (Å²) < 4.78 is 34.9. The molecule has 4 rings (SSSR count). The molecule has 4 aromatic rings. The Morgan fingerprint density at radius 3 is 1.98 bits per heavy atom. The number of aryl methyl sites for hydroxylation is 1. The second-order valence-electron chi connectivity index (χ2n) is 9.85. The molecule has 0 bridgehead atoms. The first-order valence-corrected chi connectivity index (χ1v) is 15.1. The minimum absolute atomic E-state index is 0.0562. The molecule has 9 heteroatoms. The van der Waals surface area contributed by atoms with Crippen molar-refractivity contribution < 1.29 is 22.7 Å². The van der Waals surface area contributed by atoms with E-state index in [2.05, 4.69) is 5.32 Å². The number of likely N-dealkylation sites (N-methyl/N-ethyl adjacent to an activating group) is 1. The zero-order valence-electron chi connectivity index (χ0n) is 23.9. The summed E-state index contributed by atoms with van der Waals surface area (Å²) in [7, 11) is -2.64. The molecule has 0 fully saturated rings. The van der Waals surface area contributed by atoms with Crippen molar-refractivity contribution in [1.82, 2.24) is 10.2 Å². The molecule has 0 aromatic heterocycles. The molecular weight excluding hydrogens is 550 g/mol. The first kappa shape index (κ1) is 30.3. The van der Waals surface area contributed by atoms with Crippen LogP contribution in [0.25, 0.3) is 0 Å². The van der Waals surface area contributed by atoms with E-state index in [4.69, 9.17) is 4.74 Å². The van der Waals surface area contributed by atoms with E-state index in [1.807, 2.05) is 67.6 Å². The van der Waals surface area contributed by atoms with Gasteiger partial charge in [0.05, 0.1) is 10.6 Å². The third-order valence-corrected chi connectivity index (χ3v) is 8.68. The number of nitrogens with one attached hydrogen (secondary N) is 1. The van der Waals surface area contributed by atoms with Crippen LogP contribution in [0, 0.1) is 6.92 Å². The topological polar surface area (TPSA) is 96.0 Å². The van der Waals surface area contributed by atoms with Crippen molar-refractivity contribution >= 4 is 27.5 Å². The Bertz CT molecular complexity index is 1580. The van der Waals surface area contributed by atoms with Gasteiger partial charge in [0.25, 0.3) is 10.0 Å². The fourth-order valence-electron chi connectivity index (χ4n) is 4.45. The van der Waals surface area contributed by atoms with E-state index in [0.717, 1.165) is 15.4 Å². The zero-order chi connectivity index (χ0) is 30.1. The van der Waals surface area contributed by atoms with E-state index in [1.54, 1.807) is 43.3 Å². The molecule has 42 heavy (non-hydrogen) atoms. The number of benzene rings is 4. The lowest BCUT2D eigenvalue weighted by atomic mass is 10.1. The van der Waals surface area contributed by atoms with Crippen molar-refractivity contribution in [2.24, 2.45) is 0 Å². The summed E-state index contributed by atoms with van der Waals surface area (Å²) >= 11 is 0. The maximum Gasteiger partial charge on any atom is 0.264 e. The van der Waals surface area contributed by atoms with Gasteiger partial charge in [-0.3, -0.25) is 13.9 Å². The van der Waals surface area contributed by atoms with Gasteiger partial charge in [0.1, 0.15) is 24.1 Å². The largest absolute Gasteiger partial charge is 0.457 e. The number of rotatable bonds is 12. The summed E-state index contributed by atoms with van der Waals surface area (Å²) in [5.41, 5.74) is 2.20. The first-order chi connectivity index (χ1) is 20.2. The summed E-state index contributed by atoms with van der Waals surface area (Å²) in [5, 5.41) is 2.59. The minimum atomic E-state index is -4.15. The van der Waals surface area contributed by atoms with E-state index in [-0.39, 0.29) is 17.3 Å². The SMILES string of the molecule is CNC(=O)C(C)N(CCc1ccccc1)C(=O)CN(c1ccc(Oc2ccccc2)cc1)S(=O)(=O)c1ccc(C)cc1. The van der Waals surface area contributed by atoms with Crippen LogP contribution < -0.4 is 14.4 Å². The molecule has 0 heterocycles. The number of hydrogen-bond acceptors (Lipinski definition) is 5. The Labute approximate surface area is 247 Å². The van der Waals surface area contributed by atoms with Crippen LogP contribution in [0.1, 0.15) is 18.1 Å². The molecule has 0 spiro atoms. The van der Waals surface area contributed by atoms with Crippen molar-refractivity contribution in [3.05, 3.63) is 120 Å². The van der Waals surface area contributed by atoms with E-state index in [9.17, 15) is 18.0 Å². The maximum absolute atomic E-state index is 14.0. The summed E-state index contributed by atoms with van der Waals surface area (Å²) in [5.74, 6) is 0.317. The highest BCUT2D eigenvalue weighted by Crippen LogP contribution is 2.28. The molecule has 8 nitrogen and oxygen atoms in total. The van der Waals surface area contributed by atoms with Crippen molar-refractivity contribution in [3.63, 3.8) is 0 Å². The molecule has 0 saturated heterocycles. The molecule has 2 amide bonds. The van der Waals surface area contributed by atoms with Gasteiger partial charge in [-0.2, -0.15) is 0 Å². The average Bonchev–Trinajstić information content (AvgIpc) is 3.01. The smallest absolute Gasteiger partial charge is 0.264 e. The number of ether oxygens (including phenoxy) is 1. The van der Waals surface area contributed by atoms with Crippen LogP contribution in [0.2, 0.25) is 0 Å². The first-order valence-electron chi connectivity index (χ1n) is 13.7. The van der Waals surface area contributed by atoms with Gasteiger partial charge in [0.15, 0.2) is 0 Å². The summed E-state index contributed by atoms with van der Waals surface area (Å²) in [6.07, 6.45) is 0.504. The lowest BCUT2D eigenvalue weighted by molar-refractivity contribution is -0.138. The standard InChI is InChI=1S/C33H35N3O5S/c1-25-14-20-31(21-15-25)42(39,40)36(28-16-18-30(19-17-28)41-29-12-8-5-9-13-29)24-32(37)35(26(2)33(38)34-3)23-22-27-10-6-4-7-11-27/h4-21,26H,22-24H2,1-3H3,(H,34,38). The number of carbonyl (C=O) groups excluding carboxylic acids is 2. The van der Waals surface area contributed by atoms with Crippen LogP contribution in [-0.2, 0) is 26.0 Å². The lowest BCUT2D eigenvalue weighted by Gasteiger charge is -2.31. The quantitative estimate of drug-likeness (QED) is 0.247. The highest BCUT2D eigenvalue weighted by molar-refractivity contribution is 7.92. The average molecular weight is 586 g/mol. The van der Waals surface area contributed by atoms with Crippen molar-refractivity contribution in [1.29, 1.82) is 0 Å². The Hall–Kier alpha value is -4.63. The number of anilines is 1. The number of hydrogen-bond donors (Lipinski definition) is 1. The second kappa shape index (κ2) is 13.8. The predicted molar refractivity (Wildman–Crippen MR) is 164 cm³/mol. The zero-order valence-corrected chi connectivity index (χ0v) is 24.8. The maximum atomic E-state index is 14.0. The van der Waals surface area contributed by atoms with Crippen LogP contribution in [0.15, 0.2) is 114 Å². The molecule has 0 saturated carbocycles. The Balaban J connectivity index is 1.66. The summed E-state index contributed by atoms with van der Waals surface area (Å²) in [6, 6.07) is 31.0. The van der Waals surface area contributed by atoms with E-state index in [1.165, 1.54) is 24.1 Å². The van der Waals surface area contributed by atoms with Gasteiger partial charge in [-0.05, 0) is 74.4 Å². The number of para-hydroxylation sites is 1. The molecular formula is C33H35N3O5S. The molecule has 0 aliphatic heterocycles. The van der Waals surface area contributed by atoms with Crippen molar-refractivity contribution in [2.75, 3.05) is 24.4 Å². The molecule has 1 unspecified atom stereocenters. The number of carbonyl (C=O) groups is 2. The van der Waals surface area contributed by atoms with Crippen LogP contribution >= 0.6 is 0 Å². The van der Waals surface area contributed by atoms with Gasteiger partial charge >= 0.3 is 0 Å². The van der Waals surface area contributed by atoms with Gasteiger partial charge in [-0.15, -0.1) is 0 Å². The number of sulfonamides is 1.